The van der Waals surface area contributed by atoms with Gasteiger partial charge in [0.2, 0.25) is 12.7 Å². The van der Waals surface area contributed by atoms with Crippen LogP contribution in [0.3, 0.4) is 0 Å². The van der Waals surface area contributed by atoms with Crippen LogP contribution in [0, 0.1) is 0 Å². The molecule has 0 aliphatic carbocycles. The number of nitrogens with zero attached hydrogens (tertiary/aromatic N) is 2. The monoisotopic (exact) mass is 368 g/mol. The number of amides is 2. The topological polar surface area (TPSA) is 92.8 Å². The normalized spacial score (nSPS) is 14.9. The van der Waals surface area contributed by atoms with Crippen LogP contribution in [0.25, 0.3) is 0 Å². The van der Waals surface area contributed by atoms with Gasteiger partial charge in [-0.15, -0.1) is 0 Å². The molecule has 2 aromatic rings. The summed E-state index contributed by atoms with van der Waals surface area (Å²) >= 11 is 0. The number of benzene rings is 1. The molecular formula is C19H20N4O4. The first-order valence-corrected chi connectivity index (χ1v) is 8.88. The van der Waals surface area contributed by atoms with Gasteiger partial charge < -0.3 is 25.0 Å². The van der Waals surface area contributed by atoms with Crippen molar-refractivity contribution in [2.45, 2.75) is 12.8 Å². The zero-order chi connectivity index (χ0) is 18.6. The number of fused-ring (bicyclic) bond motifs is 1. The second kappa shape index (κ2) is 7.53. The highest BCUT2D eigenvalue weighted by atomic mass is 16.7. The number of aromatic nitrogens is 1. The Balaban J connectivity index is 1.28. The summed E-state index contributed by atoms with van der Waals surface area (Å²) < 4.78 is 10.5. The van der Waals surface area contributed by atoms with Crippen molar-refractivity contribution >= 4 is 23.3 Å². The molecule has 1 aromatic carbocycles. The van der Waals surface area contributed by atoms with Gasteiger partial charge >= 0.3 is 0 Å². The summed E-state index contributed by atoms with van der Waals surface area (Å²) in [6.07, 6.45) is 4.00. The molecule has 4 rings (SSSR count). The Morgan fingerprint density at radius 3 is 2.67 bits per heavy atom. The van der Waals surface area contributed by atoms with Crippen molar-refractivity contribution < 1.29 is 19.1 Å². The van der Waals surface area contributed by atoms with Gasteiger partial charge in [-0.25, -0.2) is 4.98 Å². The maximum atomic E-state index is 12.2. The minimum absolute atomic E-state index is 0.138. The number of hydrogen-bond donors (Lipinski definition) is 2. The average Bonchev–Trinajstić information content (AvgIpc) is 3.38. The highest BCUT2D eigenvalue weighted by Crippen LogP contribution is 2.32. The van der Waals surface area contributed by atoms with Crippen molar-refractivity contribution in [2.24, 2.45) is 0 Å². The summed E-state index contributed by atoms with van der Waals surface area (Å²) in [6.45, 7) is 2.05. The number of nitrogens with one attached hydrogen (secondary N) is 2. The van der Waals surface area contributed by atoms with Gasteiger partial charge in [-0.05, 0) is 43.2 Å². The van der Waals surface area contributed by atoms with Crippen LogP contribution in [0.15, 0.2) is 36.5 Å². The predicted molar refractivity (Wildman–Crippen MR) is 99.2 cm³/mol. The number of carbonyl (C=O) groups is 2. The van der Waals surface area contributed by atoms with Gasteiger partial charge in [-0.3, -0.25) is 9.59 Å². The van der Waals surface area contributed by atoms with Crippen molar-refractivity contribution in [1.29, 1.82) is 0 Å². The molecule has 0 unspecified atom stereocenters. The van der Waals surface area contributed by atoms with Gasteiger partial charge in [0.05, 0.1) is 18.4 Å². The summed E-state index contributed by atoms with van der Waals surface area (Å²) in [6, 6.07) is 8.60. The lowest BCUT2D eigenvalue weighted by Crippen LogP contribution is -2.32. The minimum atomic E-state index is -0.356. The van der Waals surface area contributed by atoms with Crippen molar-refractivity contribution in [3.8, 4) is 11.5 Å². The zero-order valence-electron chi connectivity index (χ0n) is 14.7. The lowest BCUT2D eigenvalue weighted by molar-refractivity contribution is -0.115. The third kappa shape index (κ3) is 3.94. The highest BCUT2D eigenvalue weighted by Gasteiger charge is 2.17. The predicted octanol–water partition coefficient (Wildman–Crippen LogP) is 1.78. The number of carbonyl (C=O) groups excluding carboxylic acids is 2. The van der Waals surface area contributed by atoms with E-state index in [1.54, 1.807) is 24.4 Å². The van der Waals surface area contributed by atoms with Crippen molar-refractivity contribution in [2.75, 3.05) is 36.6 Å². The van der Waals surface area contributed by atoms with Gasteiger partial charge in [-0.1, -0.05) is 0 Å². The lowest BCUT2D eigenvalue weighted by Gasteiger charge is -2.16. The molecule has 0 saturated carbocycles. The number of anilines is 2. The van der Waals surface area contributed by atoms with Crippen LogP contribution in [0.1, 0.15) is 23.2 Å². The Morgan fingerprint density at radius 2 is 1.89 bits per heavy atom. The molecule has 2 amide bonds. The lowest BCUT2D eigenvalue weighted by atomic mass is 10.2. The van der Waals surface area contributed by atoms with Gasteiger partial charge in [0.25, 0.3) is 5.91 Å². The molecule has 0 atom stereocenters. The highest BCUT2D eigenvalue weighted by molar-refractivity contribution is 5.99. The third-order valence-electron chi connectivity index (χ3n) is 4.51. The fourth-order valence-corrected chi connectivity index (χ4v) is 3.10. The fraction of sp³-hybridized carbons (Fsp3) is 0.316. The SMILES string of the molecule is O=C(CNC(=O)c1ccc2c(c1)OCO2)Nc1ccc(N2CCCC2)nc1. The number of pyridine rings is 1. The van der Waals surface area contributed by atoms with Crippen molar-refractivity contribution in [3.63, 3.8) is 0 Å². The van der Waals surface area contributed by atoms with E-state index in [0.29, 0.717) is 22.7 Å². The molecule has 0 bridgehead atoms. The van der Waals surface area contributed by atoms with E-state index in [9.17, 15) is 9.59 Å². The molecule has 1 saturated heterocycles. The van der Waals surface area contributed by atoms with E-state index >= 15 is 0 Å². The first kappa shape index (κ1) is 17.1. The van der Waals surface area contributed by atoms with Crippen LogP contribution < -0.4 is 25.0 Å². The minimum Gasteiger partial charge on any atom is -0.454 e. The Kier molecular flexibility index (Phi) is 4.78. The van der Waals surface area contributed by atoms with Crippen LogP contribution in [-0.4, -0.2) is 43.2 Å². The molecular weight excluding hydrogens is 348 g/mol. The molecule has 140 valence electrons. The van der Waals surface area contributed by atoms with Crippen molar-refractivity contribution in [3.05, 3.63) is 42.1 Å². The number of rotatable bonds is 5. The van der Waals surface area contributed by atoms with Crippen LogP contribution in [0.5, 0.6) is 11.5 Å². The number of hydrogen-bond acceptors (Lipinski definition) is 6. The zero-order valence-corrected chi connectivity index (χ0v) is 14.7. The quantitative estimate of drug-likeness (QED) is 0.836. The van der Waals surface area contributed by atoms with Crippen LogP contribution in [-0.2, 0) is 4.79 Å². The fourth-order valence-electron chi connectivity index (χ4n) is 3.10. The van der Waals surface area contributed by atoms with Gasteiger partial charge in [0.15, 0.2) is 11.5 Å². The molecule has 2 aliphatic rings. The van der Waals surface area contributed by atoms with Gasteiger partial charge in [-0.2, -0.15) is 0 Å². The molecule has 27 heavy (non-hydrogen) atoms. The summed E-state index contributed by atoms with van der Waals surface area (Å²) in [5, 5.41) is 5.32. The average molecular weight is 368 g/mol. The first-order valence-electron chi connectivity index (χ1n) is 8.88. The second-order valence-electron chi connectivity index (χ2n) is 6.40. The Bertz CT molecular complexity index is 847. The first-order chi connectivity index (χ1) is 13.2. The molecule has 2 N–H and O–H groups in total. The Labute approximate surface area is 156 Å². The second-order valence-corrected chi connectivity index (χ2v) is 6.40. The Morgan fingerprint density at radius 1 is 1.07 bits per heavy atom. The molecule has 8 heteroatoms. The largest absolute Gasteiger partial charge is 0.454 e. The summed E-state index contributed by atoms with van der Waals surface area (Å²) in [5.41, 5.74) is 1.00. The van der Waals surface area contributed by atoms with E-state index in [0.717, 1.165) is 18.9 Å². The van der Waals surface area contributed by atoms with E-state index in [1.807, 2.05) is 12.1 Å². The summed E-state index contributed by atoms with van der Waals surface area (Å²) in [7, 11) is 0. The molecule has 0 radical (unpaired) electrons. The summed E-state index contributed by atoms with van der Waals surface area (Å²) in [4.78, 5) is 30.9. The maximum absolute atomic E-state index is 12.2. The molecule has 8 nitrogen and oxygen atoms in total. The Hall–Kier alpha value is -3.29. The van der Waals surface area contributed by atoms with Gasteiger partial charge in [0.1, 0.15) is 5.82 Å². The van der Waals surface area contributed by atoms with E-state index < -0.39 is 0 Å². The van der Waals surface area contributed by atoms with Crippen LogP contribution in [0.4, 0.5) is 11.5 Å². The maximum Gasteiger partial charge on any atom is 0.251 e. The number of ether oxygens (including phenoxy) is 2. The van der Waals surface area contributed by atoms with Crippen LogP contribution in [0.2, 0.25) is 0 Å². The smallest absolute Gasteiger partial charge is 0.251 e. The van der Waals surface area contributed by atoms with E-state index in [-0.39, 0.29) is 25.2 Å². The van der Waals surface area contributed by atoms with E-state index in [4.69, 9.17) is 9.47 Å². The molecule has 1 fully saturated rings. The third-order valence-corrected chi connectivity index (χ3v) is 4.51. The standard InChI is InChI=1S/C19H20N4O4/c24-18(22-14-4-6-17(20-10-14)23-7-1-2-8-23)11-21-19(25)13-3-5-15-16(9-13)27-12-26-15/h3-6,9-10H,1-2,7-8,11-12H2,(H,21,25)(H,22,24). The molecule has 1 aromatic heterocycles. The van der Waals surface area contributed by atoms with Gasteiger partial charge in [0, 0.05) is 18.7 Å². The summed E-state index contributed by atoms with van der Waals surface area (Å²) in [5.74, 6) is 1.37. The van der Waals surface area contributed by atoms with E-state index in [1.165, 1.54) is 12.8 Å². The van der Waals surface area contributed by atoms with E-state index in [2.05, 4.69) is 20.5 Å². The van der Waals surface area contributed by atoms with Crippen LogP contribution >= 0.6 is 0 Å². The molecule has 0 spiro atoms. The molecule has 2 aliphatic heterocycles. The van der Waals surface area contributed by atoms with Crippen molar-refractivity contribution in [1.82, 2.24) is 10.3 Å². The molecule has 3 heterocycles.